The molecule has 1 aliphatic heterocycles. The zero-order valence-electron chi connectivity index (χ0n) is 13.5. The maximum absolute atomic E-state index is 12.2. The van der Waals surface area contributed by atoms with E-state index >= 15 is 0 Å². The summed E-state index contributed by atoms with van der Waals surface area (Å²) < 4.78 is 0. The Labute approximate surface area is 137 Å². The number of piperidine rings is 1. The summed E-state index contributed by atoms with van der Waals surface area (Å²) in [7, 11) is 0. The van der Waals surface area contributed by atoms with Gasteiger partial charge in [0.25, 0.3) is 5.91 Å². The predicted octanol–water partition coefficient (Wildman–Crippen LogP) is 3.76. The molecule has 0 aliphatic carbocycles. The smallest absolute Gasteiger partial charge is 0.255 e. The number of rotatable bonds is 3. The van der Waals surface area contributed by atoms with Crippen LogP contribution in [-0.2, 0) is 0 Å². The molecule has 0 unspecified atom stereocenters. The third-order valence-corrected chi connectivity index (χ3v) is 4.42. The SMILES string of the molecule is CC1CCN(c2ccc(NC(=O)c3cccc(N)c3)cc2)CC1. The summed E-state index contributed by atoms with van der Waals surface area (Å²) in [4.78, 5) is 14.6. The standard InChI is InChI=1S/C19H23N3O/c1-14-9-11-22(12-10-14)18-7-5-17(6-8-18)21-19(23)15-3-2-4-16(20)13-15/h2-8,13-14H,9-12,20H2,1H3,(H,21,23). The maximum atomic E-state index is 12.2. The van der Waals surface area contributed by atoms with Crippen molar-refractivity contribution in [2.75, 3.05) is 29.0 Å². The minimum absolute atomic E-state index is 0.142. The molecule has 1 amide bonds. The number of nitrogens with two attached hydrogens (primary N) is 1. The van der Waals surface area contributed by atoms with E-state index in [2.05, 4.69) is 29.3 Å². The van der Waals surface area contributed by atoms with Gasteiger partial charge in [-0.3, -0.25) is 4.79 Å². The number of hydrogen-bond acceptors (Lipinski definition) is 3. The van der Waals surface area contributed by atoms with E-state index in [-0.39, 0.29) is 5.91 Å². The van der Waals surface area contributed by atoms with Gasteiger partial charge in [-0.2, -0.15) is 0 Å². The van der Waals surface area contributed by atoms with Crippen LogP contribution in [0.1, 0.15) is 30.1 Å². The van der Waals surface area contributed by atoms with E-state index in [0.717, 1.165) is 24.7 Å². The molecule has 3 rings (SSSR count). The molecule has 1 fully saturated rings. The molecule has 4 nitrogen and oxygen atoms in total. The number of carbonyl (C=O) groups excluding carboxylic acids is 1. The van der Waals surface area contributed by atoms with E-state index in [0.29, 0.717) is 11.3 Å². The Morgan fingerprint density at radius 2 is 1.83 bits per heavy atom. The minimum atomic E-state index is -0.142. The summed E-state index contributed by atoms with van der Waals surface area (Å²) in [6, 6.07) is 15.0. The molecule has 1 heterocycles. The first-order valence-electron chi connectivity index (χ1n) is 8.14. The molecule has 1 saturated heterocycles. The number of amides is 1. The van der Waals surface area contributed by atoms with E-state index in [1.165, 1.54) is 18.5 Å². The summed E-state index contributed by atoms with van der Waals surface area (Å²) >= 11 is 0. The second-order valence-electron chi connectivity index (χ2n) is 6.30. The lowest BCUT2D eigenvalue weighted by molar-refractivity contribution is 0.102. The Hall–Kier alpha value is -2.49. The minimum Gasteiger partial charge on any atom is -0.399 e. The fourth-order valence-corrected chi connectivity index (χ4v) is 2.91. The molecular weight excluding hydrogens is 286 g/mol. The lowest BCUT2D eigenvalue weighted by Gasteiger charge is -2.32. The second-order valence-corrected chi connectivity index (χ2v) is 6.30. The molecule has 0 bridgehead atoms. The lowest BCUT2D eigenvalue weighted by atomic mass is 9.99. The van der Waals surface area contributed by atoms with Crippen molar-refractivity contribution in [3.8, 4) is 0 Å². The summed E-state index contributed by atoms with van der Waals surface area (Å²) in [6.07, 6.45) is 2.49. The molecule has 0 spiro atoms. The number of anilines is 3. The van der Waals surface area contributed by atoms with Gasteiger partial charge in [-0.15, -0.1) is 0 Å². The van der Waals surface area contributed by atoms with Gasteiger partial charge in [0.05, 0.1) is 0 Å². The van der Waals surface area contributed by atoms with Crippen LogP contribution < -0.4 is 16.0 Å². The van der Waals surface area contributed by atoms with Crippen LogP contribution in [0.25, 0.3) is 0 Å². The van der Waals surface area contributed by atoms with Crippen LogP contribution in [0.4, 0.5) is 17.1 Å². The molecule has 120 valence electrons. The van der Waals surface area contributed by atoms with E-state index < -0.39 is 0 Å². The first kappa shape index (κ1) is 15.4. The van der Waals surface area contributed by atoms with Crippen LogP contribution in [0.2, 0.25) is 0 Å². The van der Waals surface area contributed by atoms with Gasteiger partial charge >= 0.3 is 0 Å². The number of nitrogen functional groups attached to an aromatic ring is 1. The van der Waals surface area contributed by atoms with E-state index in [9.17, 15) is 4.79 Å². The van der Waals surface area contributed by atoms with Gasteiger partial charge in [-0.1, -0.05) is 13.0 Å². The molecular formula is C19H23N3O. The highest BCUT2D eigenvalue weighted by molar-refractivity contribution is 6.04. The van der Waals surface area contributed by atoms with Crippen molar-refractivity contribution in [3.63, 3.8) is 0 Å². The first-order valence-corrected chi connectivity index (χ1v) is 8.14. The molecule has 0 saturated carbocycles. The molecule has 4 heteroatoms. The Balaban J connectivity index is 1.64. The second kappa shape index (κ2) is 6.73. The highest BCUT2D eigenvalue weighted by Crippen LogP contribution is 2.24. The molecule has 3 N–H and O–H groups in total. The Bertz CT molecular complexity index is 673. The zero-order chi connectivity index (χ0) is 16.2. The number of hydrogen-bond donors (Lipinski definition) is 2. The topological polar surface area (TPSA) is 58.4 Å². The van der Waals surface area contributed by atoms with Crippen LogP contribution >= 0.6 is 0 Å². The highest BCUT2D eigenvalue weighted by atomic mass is 16.1. The van der Waals surface area contributed by atoms with Crippen molar-refractivity contribution in [1.82, 2.24) is 0 Å². The van der Waals surface area contributed by atoms with Crippen LogP contribution in [0, 0.1) is 5.92 Å². The van der Waals surface area contributed by atoms with Crippen molar-refractivity contribution in [2.45, 2.75) is 19.8 Å². The third-order valence-electron chi connectivity index (χ3n) is 4.42. The maximum Gasteiger partial charge on any atom is 0.255 e. The molecule has 2 aromatic rings. The molecule has 0 atom stereocenters. The van der Waals surface area contributed by atoms with Gasteiger partial charge in [0, 0.05) is 35.7 Å². The van der Waals surface area contributed by atoms with Crippen molar-refractivity contribution < 1.29 is 4.79 Å². The van der Waals surface area contributed by atoms with Gasteiger partial charge in [0.15, 0.2) is 0 Å². The molecule has 23 heavy (non-hydrogen) atoms. The number of nitrogens with one attached hydrogen (secondary N) is 1. The summed E-state index contributed by atoms with van der Waals surface area (Å²) in [6.45, 7) is 4.53. The van der Waals surface area contributed by atoms with Gasteiger partial charge in [0.2, 0.25) is 0 Å². The van der Waals surface area contributed by atoms with Crippen molar-refractivity contribution in [1.29, 1.82) is 0 Å². The predicted molar refractivity (Wildman–Crippen MR) is 95.9 cm³/mol. The average molecular weight is 309 g/mol. The van der Waals surface area contributed by atoms with E-state index in [1.54, 1.807) is 24.3 Å². The Morgan fingerprint density at radius 1 is 1.13 bits per heavy atom. The summed E-state index contributed by atoms with van der Waals surface area (Å²) in [5.74, 6) is 0.681. The van der Waals surface area contributed by atoms with Crippen LogP contribution in [0.3, 0.4) is 0 Å². The average Bonchev–Trinajstić information content (AvgIpc) is 2.56. The molecule has 0 radical (unpaired) electrons. The van der Waals surface area contributed by atoms with Gasteiger partial charge < -0.3 is 16.0 Å². The van der Waals surface area contributed by atoms with Crippen LogP contribution in [-0.4, -0.2) is 19.0 Å². The summed E-state index contributed by atoms with van der Waals surface area (Å²) in [5.41, 5.74) is 8.89. The zero-order valence-corrected chi connectivity index (χ0v) is 13.5. The van der Waals surface area contributed by atoms with E-state index in [4.69, 9.17) is 5.73 Å². The highest BCUT2D eigenvalue weighted by Gasteiger charge is 2.16. The Morgan fingerprint density at radius 3 is 2.48 bits per heavy atom. The number of benzene rings is 2. The van der Waals surface area contributed by atoms with Crippen LogP contribution in [0.5, 0.6) is 0 Å². The fourth-order valence-electron chi connectivity index (χ4n) is 2.91. The molecule has 1 aliphatic rings. The largest absolute Gasteiger partial charge is 0.399 e. The van der Waals surface area contributed by atoms with E-state index in [1.807, 2.05) is 12.1 Å². The van der Waals surface area contributed by atoms with Crippen LogP contribution in [0.15, 0.2) is 48.5 Å². The number of nitrogens with zero attached hydrogens (tertiary/aromatic N) is 1. The third kappa shape index (κ3) is 3.83. The molecule has 2 aromatic carbocycles. The van der Waals surface area contributed by atoms with Crippen molar-refractivity contribution in [3.05, 3.63) is 54.1 Å². The molecule has 0 aromatic heterocycles. The fraction of sp³-hybridized carbons (Fsp3) is 0.316. The Kier molecular flexibility index (Phi) is 4.51. The first-order chi connectivity index (χ1) is 11.1. The van der Waals surface area contributed by atoms with Crippen molar-refractivity contribution >= 4 is 23.0 Å². The van der Waals surface area contributed by atoms with Gasteiger partial charge in [-0.05, 0) is 61.2 Å². The number of carbonyl (C=O) groups is 1. The van der Waals surface area contributed by atoms with Gasteiger partial charge in [0.1, 0.15) is 0 Å². The quantitative estimate of drug-likeness (QED) is 0.849. The normalized spacial score (nSPS) is 15.4. The van der Waals surface area contributed by atoms with Gasteiger partial charge in [-0.25, -0.2) is 0 Å². The van der Waals surface area contributed by atoms with Crippen molar-refractivity contribution in [2.24, 2.45) is 5.92 Å². The summed E-state index contributed by atoms with van der Waals surface area (Å²) in [5, 5.41) is 2.91. The lowest BCUT2D eigenvalue weighted by Crippen LogP contribution is -2.32. The monoisotopic (exact) mass is 309 g/mol.